The number of nitrogens with one attached hydrogen (secondary N) is 1. The number of hydrogen-bond acceptors (Lipinski definition) is 4. The van der Waals surface area contributed by atoms with Gasteiger partial charge in [0, 0.05) is 12.6 Å². The first-order valence-electron chi connectivity index (χ1n) is 7.90. The van der Waals surface area contributed by atoms with Crippen LogP contribution in [0.4, 0.5) is 0 Å². The highest BCUT2D eigenvalue weighted by molar-refractivity contribution is 7.89. The number of amides is 1. The van der Waals surface area contributed by atoms with Crippen LogP contribution in [-0.2, 0) is 19.6 Å². The second-order valence-electron chi connectivity index (χ2n) is 6.11. The molecule has 2 atom stereocenters. The quantitative estimate of drug-likeness (QED) is 0.783. The van der Waals surface area contributed by atoms with E-state index in [9.17, 15) is 23.1 Å². The van der Waals surface area contributed by atoms with Crippen molar-refractivity contribution in [3.63, 3.8) is 0 Å². The van der Waals surface area contributed by atoms with Gasteiger partial charge in [0.15, 0.2) is 0 Å². The van der Waals surface area contributed by atoms with Crippen molar-refractivity contribution in [1.29, 1.82) is 0 Å². The molecule has 2 aliphatic rings. The SMILES string of the molecule is O=C(CN1CCCS1(=O)=O)NC1CCCCCCC1C(=O)O. The maximum absolute atomic E-state index is 12.1. The first-order valence-corrected chi connectivity index (χ1v) is 9.51. The Balaban J connectivity index is 1.96. The van der Waals surface area contributed by atoms with E-state index in [2.05, 4.69) is 5.32 Å². The monoisotopic (exact) mass is 332 g/mol. The first-order chi connectivity index (χ1) is 10.4. The number of sulfonamides is 1. The molecule has 1 aliphatic heterocycles. The van der Waals surface area contributed by atoms with Crippen molar-refractivity contribution >= 4 is 21.9 Å². The van der Waals surface area contributed by atoms with Crippen LogP contribution in [-0.4, -0.2) is 54.6 Å². The van der Waals surface area contributed by atoms with Crippen LogP contribution in [0.15, 0.2) is 0 Å². The van der Waals surface area contributed by atoms with Gasteiger partial charge in [0.1, 0.15) is 0 Å². The van der Waals surface area contributed by atoms with Crippen LogP contribution in [0.2, 0.25) is 0 Å². The largest absolute Gasteiger partial charge is 0.481 e. The van der Waals surface area contributed by atoms with E-state index in [4.69, 9.17) is 0 Å². The van der Waals surface area contributed by atoms with E-state index in [0.717, 1.165) is 25.7 Å². The van der Waals surface area contributed by atoms with Crippen molar-refractivity contribution in [3.8, 4) is 0 Å². The fourth-order valence-electron chi connectivity index (χ4n) is 3.23. The van der Waals surface area contributed by atoms with Gasteiger partial charge in [-0.25, -0.2) is 8.42 Å². The molecule has 2 rings (SSSR count). The molecule has 2 unspecified atom stereocenters. The zero-order valence-corrected chi connectivity index (χ0v) is 13.5. The molecule has 7 nitrogen and oxygen atoms in total. The van der Waals surface area contributed by atoms with Crippen LogP contribution in [0, 0.1) is 5.92 Å². The van der Waals surface area contributed by atoms with Crippen molar-refractivity contribution in [2.75, 3.05) is 18.8 Å². The van der Waals surface area contributed by atoms with Crippen LogP contribution in [0.3, 0.4) is 0 Å². The van der Waals surface area contributed by atoms with Crippen LogP contribution in [0.25, 0.3) is 0 Å². The van der Waals surface area contributed by atoms with E-state index in [0.29, 0.717) is 25.8 Å². The van der Waals surface area contributed by atoms with Gasteiger partial charge < -0.3 is 10.4 Å². The summed E-state index contributed by atoms with van der Waals surface area (Å²) in [6.07, 6.45) is 5.53. The van der Waals surface area contributed by atoms with Gasteiger partial charge in [0.05, 0.1) is 18.2 Å². The van der Waals surface area contributed by atoms with Gasteiger partial charge >= 0.3 is 5.97 Å². The van der Waals surface area contributed by atoms with Crippen molar-refractivity contribution in [3.05, 3.63) is 0 Å². The molecule has 2 fully saturated rings. The van der Waals surface area contributed by atoms with Crippen LogP contribution in [0.1, 0.15) is 44.9 Å². The molecule has 8 heteroatoms. The Labute approximate surface area is 131 Å². The lowest BCUT2D eigenvalue weighted by Gasteiger charge is -2.27. The molecule has 22 heavy (non-hydrogen) atoms. The van der Waals surface area contributed by atoms with E-state index in [-0.39, 0.29) is 12.3 Å². The molecular weight excluding hydrogens is 308 g/mol. The number of hydrogen-bond donors (Lipinski definition) is 2. The van der Waals surface area contributed by atoms with Crippen molar-refractivity contribution in [2.24, 2.45) is 5.92 Å². The molecule has 1 amide bonds. The van der Waals surface area contributed by atoms with Gasteiger partial charge in [-0.2, -0.15) is 4.31 Å². The van der Waals surface area contributed by atoms with Gasteiger partial charge in [-0.05, 0) is 19.3 Å². The van der Waals surface area contributed by atoms with Gasteiger partial charge in [0.25, 0.3) is 0 Å². The topological polar surface area (TPSA) is 104 Å². The lowest BCUT2D eigenvalue weighted by atomic mass is 9.87. The smallest absolute Gasteiger partial charge is 0.308 e. The zero-order chi connectivity index (χ0) is 16.2. The standard InChI is InChI=1S/C14H24N2O5S/c17-13(10-16-8-5-9-22(16,20)21)15-12-7-4-2-1-3-6-11(12)14(18)19/h11-12H,1-10H2,(H,15,17)(H,18,19). The lowest BCUT2D eigenvalue weighted by molar-refractivity contribution is -0.143. The summed E-state index contributed by atoms with van der Waals surface area (Å²) in [5.74, 6) is -1.79. The number of nitrogens with zero attached hydrogens (tertiary/aromatic N) is 1. The third-order valence-electron chi connectivity index (χ3n) is 4.45. The van der Waals surface area contributed by atoms with Crippen LogP contribution in [0.5, 0.6) is 0 Å². The van der Waals surface area contributed by atoms with Crippen molar-refractivity contribution < 1.29 is 23.1 Å². The van der Waals surface area contributed by atoms with Gasteiger partial charge in [-0.15, -0.1) is 0 Å². The third kappa shape index (κ3) is 4.42. The Morgan fingerprint density at radius 1 is 1.09 bits per heavy atom. The van der Waals surface area contributed by atoms with Gasteiger partial charge in [0.2, 0.25) is 15.9 Å². The fraction of sp³-hybridized carbons (Fsp3) is 0.857. The average Bonchev–Trinajstić information content (AvgIpc) is 2.71. The second kappa shape index (κ2) is 7.41. The fourth-order valence-corrected chi connectivity index (χ4v) is 4.71. The Bertz CT molecular complexity index is 519. The summed E-state index contributed by atoms with van der Waals surface area (Å²) in [5.41, 5.74) is 0. The second-order valence-corrected chi connectivity index (χ2v) is 8.20. The van der Waals surface area contributed by atoms with Crippen LogP contribution < -0.4 is 5.32 Å². The van der Waals surface area contributed by atoms with Crippen LogP contribution >= 0.6 is 0 Å². The Morgan fingerprint density at radius 3 is 2.36 bits per heavy atom. The van der Waals surface area contributed by atoms with Gasteiger partial charge in [-0.1, -0.05) is 25.7 Å². The zero-order valence-electron chi connectivity index (χ0n) is 12.7. The molecule has 0 aromatic carbocycles. The molecule has 0 aromatic heterocycles. The Morgan fingerprint density at radius 2 is 1.77 bits per heavy atom. The maximum atomic E-state index is 12.1. The minimum atomic E-state index is -3.31. The molecule has 2 N–H and O–H groups in total. The number of carbonyl (C=O) groups excluding carboxylic acids is 1. The number of carboxylic acids is 1. The highest BCUT2D eigenvalue weighted by Crippen LogP contribution is 2.23. The van der Waals surface area contributed by atoms with E-state index in [1.807, 2.05) is 0 Å². The summed E-state index contributed by atoms with van der Waals surface area (Å²) < 4.78 is 24.6. The normalized spacial score (nSPS) is 29.5. The van der Waals surface area contributed by atoms with Crippen molar-refractivity contribution in [2.45, 2.75) is 51.0 Å². The molecule has 0 aromatic rings. The predicted molar refractivity (Wildman–Crippen MR) is 80.7 cm³/mol. The molecule has 1 heterocycles. The van der Waals surface area contributed by atoms with E-state index in [1.54, 1.807) is 0 Å². The highest BCUT2D eigenvalue weighted by Gasteiger charge is 2.33. The maximum Gasteiger partial charge on any atom is 0.308 e. The van der Waals surface area contributed by atoms with E-state index >= 15 is 0 Å². The number of rotatable bonds is 4. The lowest BCUT2D eigenvalue weighted by Crippen LogP contribution is -2.47. The number of carbonyl (C=O) groups is 2. The molecule has 0 spiro atoms. The molecule has 1 saturated heterocycles. The highest BCUT2D eigenvalue weighted by atomic mass is 32.2. The third-order valence-corrected chi connectivity index (χ3v) is 6.36. The summed E-state index contributed by atoms with van der Waals surface area (Å²) in [5, 5.41) is 12.1. The minimum absolute atomic E-state index is 0.0848. The predicted octanol–water partition coefficient (Wildman–Crippen LogP) is 0.562. The van der Waals surface area contributed by atoms with Crippen molar-refractivity contribution in [1.82, 2.24) is 9.62 Å². The molecule has 0 bridgehead atoms. The molecule has 1 aliphatic carbocycles. The van der Waals surface area contributed by atoms with E-state index < -0.39 is 33.9 Å². The summed E-state index contributed by atoms with van der Waals surface area (Å²) in [6.45, 7) is 0.161. The Kier molecular flexibility index (Phi) is 5.80. The number of carboxylic acid groups (broad SMARTS) is 1. The molecule has 1 saturated carbocycles. The number of aliphatic carboxylic acids is 1. The first kappa shape index (κ1) is 17.2. The summed E-state index contributed by atoms with van der Waals surface area (Å²) in [6, 6.07) is -0.407. The summed E-state index contributed by atoms with van der Waals surface area (Å²) in [4.78, 5) is 23.5. The average molecular weight is 332 g/mol. The van der Waals surface area contributed by atoms with Gasteiger partial charge in [-0.3, -0.25) is 9.59 Å². The summed E-state index contributed by atoms with van der Waals surface area (Å²) in [7, 11) is -3.31. The summed E-state index contributed by atoms with van der Waals surface area (Å²) >= 11 is 0. The van der Waals surface area contributed by atoms with E-state index in [1.165, 1.54) is 4.31 Å². The Hall–Kier alpha value is -1.15. The molecule has 126 valence electrons. The molecular formula is C14H24N2O5S. The minimum Gasteiger partial charge on any atom is -0.481 e. The molecule has 0 radical (unpaired) electrons.